The van der Waals surface area contributed by atoms with E-state index in [4.69, 9.17) is 11.6 Å². The van der Waals surface area contributed by atoms with Gasteiger partial charge in [-0.25, -0.2) is 9.37 Å². The molecule has 0 aliphatic carbocycles. The number of rotatable bonds is 4. The van der Waals surface area contributed by atoms with Crippen LogP contribution in [0.4, 0.5) is 17.6 Å². The van der Waals surface area contributed by atoms with E-state index in [0.29, 0.717) is 0 Å². The van der Waals surface area contributed by atoms with Gasteiger partial charge in [0.05, 0.1) is 16.1 Å². The molecular formula is C19H16ClF4N3O3. The number of carbonyl (C=O) groups excluding carboxylic acids is 2. The van der Waals surface area contributed by atoms with E-state index in [1.807, 2.05) is 0 Å². The van der Waals surface area contributed by atoms with Crippen LogP contribution in [0.15, 0.2) is 36.5 Å². The zero-order chi connectivity index (χ0) is 21.9. The van der Waals surface area contributed by atoms with Crippen molar-refractivity contribution in [1.82, 2.24) is 14.8 Å². The molecule has 1 saturated heterocycles. The van der Waals surface area contributed by atoms with Crippen LogP contribution in [0.1, 0.15) is 20.7 Å². The molecule has 1 fully saturated rings. The first-order valence-electron chi connectivity index (χ1n) is 8.83. The van der Waals surface area contributed by atoms with E-state index in [1.54, 1.807) is 0 Å². The largest absolute Gasteiger partial charge is 0.468 e. The third kappa shape index (κ3) is 5.38. The monoisotopic (exact) mass is 445 g/mol. The number of alkyl halides is 3. The maximum absolute atomic E-state index is 13.2. The standard InChI is InChI=1S/C19H16ClF4N3O3/c20-15-9-13(21)2-3-14(15)18(29)27-7-5-26(6-8-27)17(28)12-1-4-16(25-10-12)30-11-19(22,23)24/h1-4,9-10H,5-8,11H2. The Balaban J connectivity index is 1.56. The third-order valence-electron chi connectivity index (χ3n) is 4.38. The lowest BCUT2D eigenvalue weighted by molar-refractivity contribution is -0.154. The first-order valence-corrected chi connectivity index (χ1v) is 9.21. The maximum atomic E-state index is 13.2. The van der Waals surface area contributed by atoms with Crippen LogP contribution in [-0.4, -0.2) is 65.6 Å². The molecule has 0 bridgehead atoms. The summed E-state index contributed by atoms with van der Waals surface area (Å²) in [5.74, 6) is -1.51. The summed E-state index contributed by atoms with van der Waals surface area (Å²) < 4.78 is 54.2. The normalized spacial score (nSPS) is 14.6. The molecule has 0 atom stereocenters. The molecule has 1 aromatic carbocycles. The van der Waals surface area contributed by atoms with Gasteiger partial charge in [0.15, 0.2) is 6.61 Å². The number of amides is 2. The molecule has 30 heavy (non-hydrogen) atoms. The van der Waals surface area contributed by atoms with Gasteiger partial charge in [-0.3, -0.25) is 9.59 Å². The molecule has 2 amide bonds. The number of ether oxygens (including phenoxy) is 1. The number of hydrogen-bond donors (Lipinski definition) is 0. The van der Waals surface area contributed by atoms with Crippen molar-refractivity contribution in [1.29, 1.82) is 0 Å². The second kappa shape index (κ2) is 8.86. The number of pyridine rings is 1. The van der Waals surface area contributed by atoms with E-state index >= 15 is 0 Å². The van der Waals surface area contributed by atoms with Crippen molar-refractivity contribution >= 4 is 23.4 Å². The van der Waals surface area contributed by atoms with E-state index in [9.17, 15) is 27.2 Å². The molecule has 0 spiro atoms. The van der Waals surface area contributed by atoms with Gasteiger partial charge >= 0.3 is 6.18 Å². The minimum Gasteiger partial charge on any atom is -0.468 e. The van der Waals surface area contributed by atoms with Crippen molar-refractivity contribution in [3.63, 3.8) is 0 Å². The first-order chi connectivity index (χ1) is 14.1. The molecule has 2 heterocycles. The van der Waals surface area contributed by atoms with Gasteiger partial charge in [-0.2, -0.15) is 13.2 Å². The highest BCUT2D eigenvalue weighted by Crippen LogP contribution is 2.21. The van der Waals surface area contributed by atoms with Crippen LogP contribution in [0.25, 0.3) is 0 Å². The molecule has 0 saturated carbocycles. The highest BCUT2D eigenvalue weighted by molar-refractivity contribution is 6.33. The minimum atomic E-state index is -4.48. The maximum Gasteiger partial charge on any atom is 0.422 e. The predicted octanol–water partition coefficient (Wildman–Crippen LogP) is 3.41. The van der Waals surface area contributed by atoms with E-state index in [2.05, 4.69) is 9.72 Å². The van der Waals surface area contributed by atoms with Gasteiger partial charge in [-0.15, -0.1) is 0 Å². The molecule has 6 nitrogen and oxygen atoms in total. The summed E-state index contributed by atoms with van der Waals surface area (Å²) in [6, 6.07) is 6.04. The number of aromatic nitrogens is 1. The van der Waals surface area contributed by atoms with Crippen LogP contribution in [0.2, 0.25) is 5.02 Å². The number of nitrogens with zero attached hydrogens (tertiary/aromatic N) is 3. The summed E-state index contributed by atoms with van der Waals surface area (Å²) in [4.78, 5) is 31.9. The van der Waals surface area contributed by atoms with Crippen molar-refractivity contribution in [2.75, 3.05) is 32.8 Å². The number of benzene rings is 1. The van der Waals surface area contributed by atoms with Crippen LogP contribution in [0.3, 0.4) is 0 Å². The van der Waals surface area contributed by atoms with Gasteiger partial charge in [-0.05, 0) is 24.3 Å². The SMILES string of the molecule is O=C(c1ccc(OCC(F)(F)F)nc1)N1CCN(C(=O)c2ccc(F)cc2Cl)CC1. The number of carbonyl (C=O) groups is 2. The summed E-state index contributed by atoms with van der Waals surface area (Å²) in [6.07, 6.45) is -3.34. The second-order valence-electron chi connectivity index (χ2n) is 6.50. The Morgan fingerprint density at radius 1 is 1.03 bits per heavy atom. The quantitative estimate of drug-likeness (QED) is 0.677. The Morgan fingerprint density at radius 3 is 2.20 bits per heavy atom. The van der Waals surface area contributed by atoms with Gasteiger partial charge in [0.2, 0.25) is 5.88 Å². The van der Waals surface area contributed by atoms with Crippen LogP contribution in [0, 0.1) is 5.82 Å². The van der Waals surface area contributed by atoms with Crippen molar-refractivity contribution in [2.24, 2.45) is 0 Å². The van der Waals surface area contributed by atoms with Gasteiger partial charge in [0.25, 0.3) is 11.8 Å². The molecule has 160 valence electrons. The van der Waals surface area contributed by atoms with Gasteiger partial charge in [-0.1, -0.05) is 11.6 Å². The average molecular weight is 446 g/mol. The van der Waals surface area contributed by atoms with Crippen molar-refractivity contribution in [2.45, 2.75) is 6.18 Å². The molecule has 0 N–H and O–H groups in total. The summed E-state index contributed by atoms with van der Waals surface area (Å²) in [7, 11) is 0. The Morgan fingerprint density at radius 2 is 1.67 bits per heavy atom. The Hall–Kier alpha value is -2.88. The number of hydrogen-bond acceptors (Lipinski definition) is 4. The lowest BCUT2D eigenvalue weighted by Crippen LogP contribution is -2.50. The zero-order valence-corrected chi connectivity index (χ0v) is 16.2. The van der Waals surface area contributed by atoms with Crippen molar-refractivity contribution < 1.29 is 31.9 Å². The Kier molecular flexibility index (Phi) is 6.45. The van der Waals surface area contributed by atoms with Crippen LogP contribution >= 0.6 is 11.6 Å². The summed E-state index contributed by atoms with van der Waals surface area (Å²) in [5, 5.41) is 0.0115. The molecule has 3 rings (SSSR count). The predicted molar refractivity (Wildman–Crippen MR) is 99.0 cm³/mol. The van der Waals surface area contributed by atoms with E-state index in [1.165, 1.54) is 28.0 Å². The van der Waals surface area contributed by atoms with E-state index < -0.39 is 18.6 Å². The van der Waals surface area contributed by atoms with Crippen LogP contribution in [0.5, 0.6) is 5.88 Å². The molecule has 1 aliphatic rings. The number of halogens is 5. The highest BCUT2D eigenvalue weighted by Gasteiger charge is 2.29. The fourth-order valence-electron chi connectivity index (χ4n) is 2.88. The molecule has 1 aliphatic heterocycles. The number of piperazine rings is 1. The molecule has 2 aromatic rings. The summed E-state index contributed by atoms with van der Waals surface area (Å²) >= 11 is 5.93. The molecule has 1 aromatic heterocycles. The zero-order valence-electron chi connectivity index (χ0n) is 15.5. The molecule has 11 heteroatoms. The van der Waals surface area contributed by atoms with E-state index in [0.717, 1.165) is 18.3 Å². The second-order valence-corrected chi connectivity index (χ2v) is 6.90. The van der Waals surface area contributed by atoms with Crippen LogP contribution in [-0.2, 0) is 0 Å². The van der Waals surface area contributed by atoms with Crippen molar-refractivity contribution in [3.8, 4) is 5.88 Å². The fraction of sp³-hybridized carbons (Fsp3) is 0.316. The smallest absolute Gasteiger partial charge is 0.422 e. The third-order valence-corrected chi connectivity index (χ3v) is 4.70. The lowest BCUT2D eigenvalue weighted by atomic mass is 10.1. The molecule has 0 unspecified atom stereocenters. The van der Waals surface area contributed by atoms with Crippen LogP contribution < -0.4 is 4.74 Å². The van der Waals surface area contributed by atoms with E-state index in [-0.39, 0.29) is 60.0 Å². The van der Waals surface area contributed by atoms with Gasteiger partial charge in [0, 0.05) is 38.4 Å². The first kappa shape index (κ1) is 21.8. The lowest BCUT2D eigenvalue weighted by Gasteiger charge is -2.35. The Bertz CT molecular complexity index is 930. The topological polar surface area (TPSA) is 62.7 Å². The Labute approximate surface area is 174 Å². The van der Waals surface area contributed by atoms with Crippen molar-refractivity contribution in [3.05, 3.63) is 58.5 Å². The minimum absolute atomic E-state index is 0.0115. The average Bonchev–Trinajstić information content (AvgIpc) is 2.71. The van der Waals surface area contributed by atoms with Gasteiger partial charge in [0.1, 0.15) is 5.82 Å². The van der Waals surface area contributed by atoms with Gasteiger partial charge < -0.3 is 14.5 Å². The highest BCUT2D eigenvalue weighted by atomic mass is 35.5. The summed E-state index contributed by atoms with van der Waals surface area (Å²) in [5.41, 5.74) is 0.368. The molecular weight excluding hydrogens is 430 g/mol. The molecule has 0 radical (unpaired) electrons. The fourth-order valence-corrected chi connectivity index (χ4v) is 3.12. The summed E-state index contributed by atoms with van der Waals surface area (Å²) in [6.45, 7) is -0.482.